The monoisotopic (exact) mass is 496 g/mol. The van der Waals surface area contributed by atoms with Gasteiger partial charge in [0.05, 0.1) is 17.8 Å². The maximum absolute atomic E-state index is 5.22. The lowest BCUT2D eigenvalue weighted by atomic mass is 10.3. The normalized spacial score (nSPS) is 15.0. The standard InChI is InChI=1S/C14H21BrN6O.HI/c1-4-5-17-13(16-2)20-6-8-21(9-7-20)14-18-10-11(15)12(19-14)22-3;/h4,10H,1,5-9H2,2-3H3,(H,16,17);1H. The van der Waals surface area contributed by atoms with Crippen LogP contribution in [-0.4, -0.2) is 67.7 Å². The van der Waals surface area contributed by atoms with E-state index < -0.39 is 0 Å². The fraction of sp³-hybridized carbons (Fsp3) is 0.500. The molecule has 2 rings (SSSR count). The molecule has 9 heteroatoms. The Morgan fingerprint density at radius 1 is 1.48 bits per heavy atom. The van der Waals surface area contributed by atoms with Crippen LogP contribution in [-0.2, 0) is 0 Å². The van der Waals surface area contributed by atoms with E-state index in [1.807, 2.05) is 6.08 Å². The Balaban J connectivity index is 0.00000264. The zero-order valence-electron chi connectivity index (χ0n) is 13.3. The summed E-state index contributed by atoms with van der Waals surface area (Å²) in [5.41, 5.74) is 0. The summed E-state index contributed by atoms with van der Waals surface area (Å²) in [6.07, 6.45) is 3.54. The summed E-state index contributed by atoms with van der Waals surface area (Å²) in [5.74, 6) is 2.14. The summed E-state index contributed by atoms with van der Waals surface area (Å²) in [7, 11) is 3.39. The number of ether oxygens (including phenoxy) is 1. The van der Waals surface area contributed by atoms with Gasteiger partial charge in [-0.15, -0.1) is 30.6 Å². The van der Waals surface area contributed by atoms with Crippen LogP contribution in [0.1, 0.15) is 0 Å². The molecule has 7 nitrogen and oxygen atoms in total. The number of methoxy groups -OCH3 is 1. The van der Waals surface area contributed by atoms with Crippen LogP contribution in [0.5, 0.6) is 5.88 Å². The smallest absolute Gasteiger partial charge is 0.232 e. The molecule has 1 aromatic heterocycles. The summed E-state index contributed by atoms with van der Waals surface area (Å²) in [4.78, 5) is 17.4. The van der Waals surface area contributed by atoms with Crippen LogP contribution in [0, 0.1) is 0 Å². The second-order valence-electron chi connectivity index (χ2n) is 4.72. The zero-order chi connectivity index (χ0) is 15.9. The topological polar surface area (TPSA) is 65.9 Å². The first-order chi connectivity index (χ1) is 10.7. The first-order valence-electron chi connectivity index (χ1n) is 7.07. The van der Waals surface area contributed by atoms with E-state index in [0.717, 1.165) is 36.6 Å². The van der Waals surface area contributed by atoms with Gasteiger partial charge in [-0.3, -0.25) is 4.99 Å². The quantitative estimate of drug-likeness (QED) is 0.296. The number of piperazine rings is 1. The molecule has 0 bridgehead atoms. The Labute approximate surface area is 162 Å². The van der Waals surface area contributed by atoms with E-state index in [9.17, 15) is 0 Å². The number of halogens is 2. The highest BCUT2D eigenvalue weighted by atomic mass is 127. The van der Waals surface area contributed by atoms with E-state index in [0.29, 0.717) is 18.4 Å². The fourth-order valence-corrected chi connectivity index (χ4v) is 2.61. The van der Waals surface area contributed by atoms with E-state index >= 15 is 0 Å². The molecule has 1 fully saturated rings. The lowest BCUT2D eigenvalue weighted by molar-refractivity contribution is 0.367. The van der Waals surface area contributed by atoms with Crippen molar-refractivity contribution in [3.05, 3.63) is 23.3 Å². The van der Waals surface area contributed by atoms with E-state index in [-0.39, 0.29) is 24.0 Å². The lowest BCUT2D eigenvalue weighted by Crippen LogP contribution is -2.52. The molecular weight excluding hydrogens is 475 g/mol. The first-order valence-corrected chi connectivity index (χ1v) is 7.87. The summed E-state index contributed by atoms with van der Waals surface area (Å²) in [6.45, 7) is 7.80. The maximum Gasteiger partial charge on any atom is 0.232 e. The predicted molar refractivity (Wildman–Crippen MR) is 107 cm³/mol. The molecule has 0 unspecified atom stereocenters. The van der Waals surface area contributed by atoms with Crippen molar-refractivity contribution in [1.82, 2.24) is 20.2 Å². The number of aliphatic imine (C=N–C) groups is 1. The van der Waals surface area contributed by atoms with Gasteiger partial charge >= 0.3 is 0 Å². The van der Waals surface area contributed by atoms with Crippen molar-refractivity contribution in [2.75, 3.05) is 51.8 Å². The molecule has 0 aliphatic carbocycles. The zero-order valence-corrected chi connectivity index (χ0v) is 17.2. The van der Waals surface area contributed by atoms with Gasteiger partial charge in [-0.1, -0.05) is 6.08 Å². The number of rotatable bonds is 4. The average Bonchev–Trinajstić information content (AvgIpc) is 2.56. The van der Waals surface area contributed by atoms with Crippen molar-refractivity contribution in [2.45, 2.75) is 0 Å². The Hall–Kier alpha value is -1.10. The van der Waals surface area contributed by atoms with Crippen molar-refractivity contribution in [2.24, 2.45) is 4.99 Å². The number of anilines is 1. The number of hydrogen-bond acceptors (Lipinski definition) is 5. The third kappa shape index (κ3) is 5.20. The molecule has 1 N–H and O–H groups in total. The SMILES string of the molecule is C=CCNC(=NC)N1CCN(c2ncc(Br)c(OC)n2)CC1.I. The molecule has 128 valence electrons. The second kappa shape index (κ2) is 9.91. The van der Waals surface area contributed by atoms with E-state index in [2.05, 4.69) is 52.6 Å². The van der Waals surface area contributed by atoms with E-state index in [1.165, 1.54) is 0 Å². The lowest BCUT2D eigenvalue weighted by Gasteiger charge is -2.36. The minimum absolute atomic E-state index is 0. The third-order valence-corrected chi connectivity index (χ3v) is 3.91. The van der Waals surface area contributed by atoms with Gasteiger partial charge in [-0.25, -0.2) is 4.98 Å². The van der Waals surface area contributed by atoms with Crippen LogP contribution in [0.25, 0.3) is 0 Å². The number of hydrogen-bond donors (Lipinski definition) is 1. The molecule has 0 spiro atoms. The molecule has 0 amide bonds. The largest absolute Gasteiger partial charge is 0.480 e. The minimum Gasteiger partial charge on any atom is -0.480 e. The summed E-state index contributed by atoms with van der Waals surface area (Å²) in [6, 6.07) is 0. The number of aromatic nitrogens is 2. The highest BCUT2D eigenvalue weighted by molar-refractivity contribution is 14.0. The Morgan fingerprint density at radius 3 is 2.74 bits per heavy atom. The number of nitrogens with zero attached hydrogens (tertiary/aromatic N) is 5. The van der Waals surface area contributed by atoms with Gasteiger partial charge in [0.25, 0.3) is 0 Å². The molecule has 23 heavy (non-hydrogen) atoms. The van der Waals surface area contributed by atoms with Gasteiger partial charge in [0.2, 0.25) is 11.8 Å². The average molecular weight is 497 g/mol. The van der Waals surface area contributed by atoms with Gasteiger partial charge in [0.15, 0.2) is 5.96 Å². The maximum atomic E-state index is 5.22. The summed E-state index contributed by atoms with van der Waals surface area (Å²) >= 11 is 3.37. The molecule has 1 aromatic rings. The minimum atomic E-state index is 0. The van der Waals surface area contributed by atoms with Gasteiger partial charge in [-0.05, 0) is 15.9 Å². The molecule has 0 saturated carbocycles. The highest BCUT2D eigenvalue weighted by Gasteiger charge is 2.21. The first kappa shape index (κ1) is 19.9. The van der Waals surface area contributed by atoms with Crippen molar-refractivity contribution in [3.63, 3.8) is 0 Å². The molecule has 0 aromatic carbocycles. The molecule has 2 heterocycles. The number of nitrogens with one attached hydrogen (secondary N) is 1. The third-order valence-electron chi connectivity index (χ3n) is 3.37. The van der Waals surface area contributed by atoms with Crippen molar-refractivity contribution in [3.8, 4) is 5.88 Å². The van der Waals surface area contributed by atoms with Gasteiger partial charge in [-0.2, -0.15) is 4.98 Å². The Bertz CT molecular complexity index is 548. The van der Waals surface area contributed by atoms with E-state index in [1.54, 1.807) is 20.4 Å². The van der Waals surface area contributed by atoms with Crippen LogP contribution in [0.2, 0.25) is 0 Å². The Kier molecular flexibility index (Phi) is 8.59. The van der Waals surface area contributed by atoms with Crippen molar-refractivity contribution in [1.29, 1.82) is 0 Å². The van der Waals surface area contributed by atoms with Crippen molar-refractivity contribution >= 4 is 51.8 Å². The summed E-state index contributed by atoms with van der Waals surface area (Å²) in [5, 5.41) is 3.25. The van der Waals surface area contributed by atoms with E-state index in [4.69, 9.17) is 4.74 Å². The molecule has 1 saturated heterocycles. The molecule has 0 atom stereocenters. The fourth-order valence-electron chi connectivity index (χ4n) is 2.25. The van der Waals surface area contributed by atoms with Crippen LogP contribution in [0.3, 0.4) is 0 Å². The molecule has 1 aliphatic rings. The molecular formula is C14H22BrIN6O. The van der Waals surface area contributed by atoms with Gasteiger partial charge in [0, 0.05) is 39.8 Å². The number of guanidine groups is 1. The van der Waals surface area contributed by atoms with Crippen LogP contribution in [0.4, 0.5) is 5.95 Å². The summed E-state index contributed by atoms with van der Waals surface area (Å²) < 4.78 is 5.98. The van der Waals surface area contributed by atoms with Crippen LogP contribution >= 0.6 is 39.9 Å². The van der Waals surface area contributed by atoms with Crippen molar-refractivity contribution < 1.29 is 4.74 Å². The molecule has 0 radical (unpaired) electrons. The molecule has 1 aliphatic heterocycles. The van der Waals surface area contributed by atoms with Crippen LogP contribution in [0.15, 0.2) is 28.3 Å². The highest BCUT2D eigenvalue weighted by Crippen LogP contribution is 2.23. The van der Waals surface area contributed by atoms with Gasteiger partial charge < -0.3 is 19.9 Å². The van der Waals surface area contributed by atoms with Gasteiger partial charge in [0.1, 0.15) is 0 Å². The predicted octanol–water partition coefficient (Wildman–Crippen LogP) is 1.75. The van der Waals surface area contributed by atoms with Crippen LogP contribution < -0.4 is 15.0 Å². The Morgan fingerprint density at radius 2 is 2.17 bits per heavy atom. The second-order valence-corrected chi connectivity index (χ2v) is 5.57.